The van der Waals surface area contributed by atoms with Gasteiger partial charge in [0.2, 0.25) is 0 Å². The summed E-state index contributed by atoms with van der Waals surface area (Å²) in [5.74, 6) is 0.796. The second-order valence-corrected chi connectivity index (χ2v) is 4.20. The van der Waals surface area contributed by atoms with Crippen LogP contribution in [0.15, 0.2) is 24.3 Å². The summed E-state index contributed by atoms with van der Waals surface area (Å²) in [6.45, 7) is 3.10. The molecule has 0 bridgehead atoms. The number of rotatable bonds is 6. The van der Waals surface area contributed by atoms with Gasteiger partial charge in [0.15, 0.2) is 5.11 Å². The smallest absolute Gasteiger partial charge is 0.170 e. The van der Waals surface area contributed by atoms with Crippen molar-refractivity contribution in [3.8, 4) is 5.75 Å². The first-order chi connectivity index (χ1) is 8.27. The van der Waals surface area contributed by atoms with Crippen LogP contribution in [0, 0.1) is 0 Å². The first kappa shape index (κ1) is 13.8. The maximum Gasteiger partial charge on any atom is 0.170 e. The Bertz CT molecular complexity index is 355. The summed E-state index contributed by atoms with van der Waals surface area (Å²) < 4.78 is 5.24. The molecule has 0 amide bonds. The summed E-state index contributed by atoms with van der Waals surface area (Å²) in [7, 11) is 1.65. The third kappa shape index (κ3) is 5.04. The van der Waals surface area contributed by atoms with E-state index < -0.39 is 0 Å². The van der Waals surface area contributed by atoms with E-state index in [1.807, 2.05) is 24.3 Å². The molecule has 94 valence electrons. The first-order valence-corrected chi connectivity index (χ1v) is 6.36. The average molecular weight is 252 g/mol. The van der Waals surface area contributed by atoms with Crippen LogP contribution < -0.4 is 15.4 Å². The molecule has 1 aromatic rings. The highest BCUT2D eigenvalue weighted by molar-refractivity contribution is 7.80. The number of nitrogens with one attached hydrogen (secondary N) is 2. The number of ether oxygens (including phenoxy) is 1. The number of anilines is 1. The Kier molecular flexibility index (Phi) is 6.40. The Morgan fingerprint density at radius 3 is 2.76 bits per heavy atom. The number of thiocarbonyl (C=S) groups is 1. The van der Waals surface area contributed by atoms with E-state index in [0.717, 1.165) is 24.4 Å². The van der Waals surface area contributed by atoms with Crippen molar-refractivity contribution < 1.29 is 4.74 Å². The molecule has 0 spiro atoms. The number of hydrogen-bond donors (Lipinski definition) is 2. The SMILES string of the molecule is CCCCCNC(=S)Nc1ccccc1OC. The van der Waals surface area contributed by atoms with E-state index in [0.29, 0.717) is 5.11 Å². The van der Waals surface area contributed by atoms with Gasteiger partial charge in [-0.25, -0.2) is 0 Å². The Morgan fingerprint density at radius 2 is 2.06 bits per heavy atom. The zero-order chi connectivity index (χ0) is 12.5. The molecular weight excluding hydrogens is 232 g/mol. The third-order valence-corrected chi connectivity index (χ3v) is 2.67. The van der Waals surface area contributed by atoms with Crippen molar-refractivity contribution in [1.29, 1.82) is 0 Å². The van der Waals surface area contributed by atoms with Crippen LogP contribution in [0.4, 0.5) is 5.69 Å². The van der Waals surface area contributed by atoms with E-state index in [1.165, 1.54) is 12.8 Å². The van der Waals surface area contributed by atoms with Gasteiger partial charge in [-0.3, -0.25) is 0 Å². The molecule has 3 nitrogen and oxygen atoms in total. The van der Waals surface area contributed by atoms with Gasteiger partial charge in [0.25, 0.3) is 0 Å². The fourth-order valence-corrected chi connectivity index (χ4v) is 1.70. The van der Waals surface area contributed by atoms with E-state index in [-0.39, 0.29) is 0 Å². The predicted octanol–water partition coefficient (Wildman–Crippen LogP) is 3.17. The molecule has 1 aromatic carbocycles. The number of hydrogen-bond acceptors (Lipinski definition) is 2. The van der Waals surface area contributed by atoms with Gasteiger partial charge in [0.1, 0.15) is 5.75 Å². The molecule has 0 aliphatic carbocycles. The van der Waals surface area contributed by atoms with Crippen molar-refractivity contribution in [2.24, 2.45) is 0 Å². The van der Waals surface area contributed by atoms with Crippen molar-refractivity contribution >= 4 is 23.0 Å². The molecule has 0 heterocycles. The van der Waals surface area contributed by atoms with Crippen LogP contribution in [0.25, 0.3) is 0 Å². The van der Waals surface area contributed by atoms with Crippen molar-refractivity contribution in [1.82, 2.24) is 5.32 Å². The molecule has 4 heteroatoms. The second kappa shape index (κ2) is 7.90. The van der Waals surface area contributed by atoms with Crippen LogP contribution in [0.1, 0.15) is 26.2 Å². The molecular formula is C13H20N2OS. The molecule has 0 unspecified atom stereocenters. The van der Waals surface area contributed by atoms with Gasteiger partial charge in [0.05, 0.1) is 12.8 Å². The molecule has 0 aliphatic rings. The van der Waals surface area contributed by atoms with Gasteiger partial charge in [-0.05, 0) is 30.8 Å². The topological polar surface area (TPSA) is 33.3 Å². The molecule has 0 aromatic heterocycles. The van der Waals surface area contributed by atoms with Gasteiger partial charge in [-0.2, -0.15) is 0 Å². The van der Waals surface area contributed by atoms with Gasteiger partial charge < -0.3 is 15.4 Å². The summed E-state index contributed by atoms with van der Waals surface area (Å²) >= 11 is 5.22. The standard InChI is InChI=1S/C13H20N2OS/c1-3-4-7-10-14-13(17)15-11-8-5-6-9-12(11)16-2/h5-6,8-9H,3-4,7,10H2,1-2H3,(H2,14,15,17). The normalized spacial score (nSPS) is 9.76. The van der Waals surface area contributed by atoms with Crippen LogP contribution in [0.3, 0.4) is 0 Å². The maximum atomic E-state index is 5.24. The van der Waals surface area contributed by atoms with Crippen molar-refractivity contribution in [3.05, 3.63) is 24.3 Å². The highest BCUT2D eigenvalue weighted by Crippen LogP contribution is 2.22. The highest BCUT2D eigenvalue weighted by atomic mass is 32.1. The van der Waals surface area contributed by atoms with Gasteiger partial charge >= 0.3 is 0 Å². The fraction of sp³-hybridized carbons (Fsp3) is 0.462. The predicted molar refractivity (Wildman–Crippen MR) is 76.7 cm³/mol. The molecule has 0 saturated carbocycles. The molecule has 0 fully saturated rings. The molecule has 0 saturated heterocycles. The Morgan fingerprint density at radius 1 is 1.29 bits per heavy atom. The van der Waals surface area contributed by atoms with Crippen LogP contribution in [-0.4, -0.2) is 18.8 Å². The fourth-order valence-electron chi connectivity index (χ4n) is 1.49. The van der Waals surface area contributed by atoms with Crippen LogP contribution >= 0.6 is 12.2 Å². The molecule has 1 rings (SSSR count). The van der Waals surface area contributed by atoms with E-state index >= 15 is 0 Å². The lowest BCUT2D eigenvalue weighted by molar-refractivity contribution is 0.417. The average Bonchev–Trinajstić information content (AvgIpc) is 2.35. The lowest BCUT2D eigenvalue weighted by Crippen LogP contribution is -2.29. The monoisotopic (exact) mass is 252 g/mol. The Labute approximate surface area is 109 Å². The molecule has 2 N–H and O–H groups in total. The number of unbranched alkanes of at least 4 members (excludes halogenated alkanes) is 2. The summed E-state index contributed by atoms with van der Waals surface area (Å²) in [6, 6.07) is 7.73. The first-order valence-electron chi connectivity index (χ1n) is 5.95. The van der Waals surface area contributed by atoms with Crippen molar-refractivity contribution in [2.45, 2.75) is 26.2 Å². The lowest BCUT2D eigenvalue weighted by Gasteiger charge is -2.12. The summed E-state index contributed by atoms with van der Waals surface area (Å²) in [4.78, 5) is 0. The van der Waals surface area contributed by atoms with Crippen molar-refractivity contribution in [3.63, 3.8) is 0 Å². The molecule has 17 heavy (non-hydrogen) atoms. The maximum absolute atomic E-state index is 5.24. The molecule has 0 radical (unpaired) electrons. The third-order valence-electron chi connectivity index (χ3n) is 2.42. The zero-order valence-corrected chi connectivity index (χ0v) is 11.3. The summed E-state index contributed by atoms with van der Waals surface area (Å²) in [5.41, 5.74) is 0.892. The second-order valence-electron chi connectivity index (χ2n) is 3.79. The largest absolute Gasteiger partial charge is 0.495 e. The summed E-state index contributed by atoms with van der Waals surface area (Å²) in [6.07, 6.45) is 3.59. The minimum absolute atomic E-state index is 0.644. The van der Waals surface area contributed by atoms with Gasteiger partial charge in [-0.1, -0.05) is 31.9 Å². The minimum atomic E-state index is 0.644. The van der Waals surface area contributed by atoms with Gasteiger partial charge in [-0.15, -0.1) is 0 Å². The minimum Gasteiger partial charge on any atom is -0.495 e. The highest BCUT2D eigenvalue weighted by Gasteiger charge is 2.02. The molecule has 0 aliphatic heterocycles. The van der Waals surface area contributed by atoms with Crippen LogP contribution in [0.2, 0.25) is 0 Å². The quantitative estimate of drug-likeness (QED) is 0.602. The van der Waals surface area contributed by atoms with Crippen LogP contribution in [-0.2, 0) is 0 Å². The molecule has 0 atom stereocenters. The van der Waals surface area contributed by atoms with E-state index in [2.05, 4.69) is 17.6 Å². The van der Waals surface area contributed by atoms with E-state index in [4.69, 9.17) is 17.0 Å². The van der Waals surface area contributed by atoms with Crippen molar-refractivity contribution in [2.75, 3.05) is 19.0 Å². The summed E-state index contributed by atoms with van der Waals surface area (Å²) in [5, 5.41) is 6.96. The van der Waals surface area contributed by atoms with E-state index in [1.54, 1.807) is 7.11 Å². The van der Waals surface area contributed by atoms with E-state index in [9.17, 15) is 0 Å². The number of benzene rings is 1. The Hall–Kier alpha value is -1.29. The number of methoxy groups -OCH3 is 1. The van der Waals surface area contributed by atoms with Gasteiger partial charge in [0, 0.05) is 6.54 Å². The lowest BCUT2D eigenvalue weighted by atomic mass is 10.2. The number of para-hydroxylation sites is 2. The van der Waals surface area contributed by atoms with Crippen LogP contribution in [0.5, 0.6) is 5.75 Å². The Balaban J connectivity index is 2.39. The zero-order valence-electron chi connectivity index (χ0n) is 10.5.